The van der Waals surface area contributed by atoms with Gasteiger partial charge in [-0.15, -0.1) is 0 Å². The van der Waals surface area contributed by atoms with Crippen molar-refractivity contribution in [2.45, 2.75) is 70.2 Å². The first-order chi connectivity index (χ1) is 7.11. The van der Waals surface area contributed by atoms with Crippen molar-refractivity contribution in [3.8, 4) is 0 Å². The summed E-state index contributed by atoms with van der Waals surface area (Å²) < 4.78 is 0. The smallest absolute Gasteiger partial charge is 0.00800 e. The number of rotatable bonds is 5. The van der Waals surface area contributed by atoms with Gasteiger partial charge in [-0.05, 0) is 44.8 Å². The average molecular weight is 229 g/mol. The molecule has 1 fully saturated rings. The van der Waals surface area contributed by atoms with E-state index in [-0.39, 0.29) is 0 Å². The second kappa shape index (κ2) is 6.80. The number of hydrogen-bond acceptors (Lipinski definition) is 2. The van der Waals surface area contributed by atoms with E-state index in [2.05, 4.69) is 44.1 Å². The van der Waals surface area contributed by atoms with E-state index in [1.54, 1.807) is 0 Å². The van der Waals surface area contributed by atoms with E-state index in [1.807, 2.05) is 0 Å². The minimum absolute atomic E-state index is 0.690. The van der Waals surface area contributed by atoms with Gasteiger partial charge in [0.1, 0.15) is 0 Å². The summed E-state index contributed by atoms with van der Waals surface area (Å²) in [6, 6.07) is 1.47. The summed E-state index contributed by atoms with van der Waals surface area (Å²) in [7, 11) is 0. The summed E-state index contributed by atoms with van der Waals surface area (Å²) >= 11 is 2.05. The van der Waals surface area contributed by atoms with Gasteiger partial charge in [0.15, 0.2) is 0 Å². The van der Waals surface area contributed by atoms with Crippen LogP contribution in [0.5, 0.6) is 0 Å². The molecule has 15 heavy (non-hydrogen) atoms. The SMILES string of the molecule is CSC1CCCC(NC(C)CC(C)C)C1. The van der Waals surface area contributed by atoms with Crippen molar-refractivity contribution in [2.24, 2.45) is 5.92 Å². The third-order valence-corrected chi connectivity index (χ3v) is 4.40. The molecule has 0 amide bonds. The molecule has 1 N–H and O–H groups in total. The van der Waals surface area contributed by atoms with Crippen molar-refractivity contribution < 1.29 is 0 Å². The van der Waals surface area contributed by atoms with Crippen molar-refractivity contribution in [3.63, 3.8) is 0 Å². The predicted molar refractivity (Wildman–Crippen MR) is 71.6 cm³/mol. The summed E-state index contributed by atoms with van der Waals surface area (Å²) in [6.07, 6.45) is 9.17. The van der Waals surface area contributed by atoms with Crippen LogP contribution in [0.1, 0.15) is 52.9 Å². The van der Waals surface area contributed by atoms with Gasteiger partial charge in [0.2, 0.25) is 0 Å². The molecule has 1 aliphatic carbocycles. The lowest BCUT2D eigenvalue weighted by Gasteiger charge is -2.31. The van der Waals surface area contributed by atoms with Crippen LogP contribution in [-0.2, 0) is 0 Å². The van der Waals surface area contributed by atoms with Crippen LogP contribution >= 0.6 is 11.8 Å². The lowest BCUT2D eigenvalue weighted by molar-refractivity contribution is 0.326. The molecule has 0 bridgehead atoms. The van der Waals surface area contributed by atoms with Gasteiger partial charge in [0.25, 0.3) is 0 Å². The van der Waals surface area contributed by atoms with Crippen LogP contribution in [0.3, 0.4) is 0 Å². The van der Waals surface area contributed by atoms with Crippen LogP contribution in [0.15, 0.2) is 0 Å². The number of thioether (sulfide) groups is 1. The van der Waals surface area contributed by atoms with Gasteiger partial charge in [0, 0.05) is 17.3 Å². The summed E-state index contributed by atoms with van der Waals surface area (Å²) in [4.78, 5) is 0. The zero-order valence-electron chi connectivity index (χ0n) is 10.8. The largest absolute Gasteiger partial charge is 0.311 e. The van der Waals surface area contributed by atoms with Crippen molar-refractivity contribution >= 4 is 11.8 Å². The van der Waals surface area contributed by atoms with E-state index >= 15 is 0 Å². The maximum Gasteiger partial charge on any atom is 0.00800 e. The summed E-state index contributed by atoms with van der Waals surface area (Å²) in [5, 5.41) is 4.71. The minimum atomic E-state index is 0.690. The van der Waals surface area contributed by atoms with Crippen molar-refractivity contribution in [2.75, 3.05) is 6.26 Å². The van der Waals surface area contributed by atoms with E-state index in [0.29, 0.717) is 6.04 Å². The average Bonchev–Trinajstić information content (AvgIpc) is 2.16. The fraction of sp³-hybridized carbons (Fsp3) is 1.00. The summed E-state index contributed by atoms with van der Waals surface area (Å²) in [6.45, 7) is 6.95. The molecular weight excluding hydrogens is 202 g/mol. The Kier molecular flexibility index (Phi) is 6.06. The maximum atomic E-state index is 3.80. The molecule has 3 atom stereocenters. The maximum absolute atomic E-state index is 3.80. The van der Waals surface area contributed by atoms with Gasteiger partial charge in [-0.3, -0.25) is 0 Å². The van der Waals surface area contributed by atoms with E-state index < -0.39 is 0 Å². The molecule has 0 aliphatic heterocycles. The number of hydrogen-bond donors (Lipinski definition) is 1. The quantitative estimate of drug-likeness (QED) is 0.772. The predicted octanol–water partition coefficient (Wildman–Crippen LogP) is 3.68. The summed E-state index contributed by atoms with van der Waals surface area (Å²) in [5.41, 5.74) is 0. The molecular formula is C13H27NS. The third-order valence-electron chi connectivity index (χ3n) is 3.30. The van der Waals surface area contributed by atoms with Crippen molar-refractivity contribution in [3.05, 3.63) is 0 Å². The Hall–Kier alpha value is 0.310. The molecule has 1 aliphatic rings. The Morgan fingerprint density at radius 3 is 2.60 bits per heavy atom. The zero-order valence-corrected chi connectivity index (χ0v) is 11.6. The Labute approximate surface area is 99.8 Å². The fourth-order valence-electron chi connectivity index (χ4n) is 2.69. The van der Waals surface area contributed by atoms with Crippen molar-refractivity contribution in [1.29, 1.82) is 0 Å². The lowest BCUT2D eigenvalue weighted by atomic mass is 9.93. The first kappa shape index (κ1) is 13.4. The third kappa shape index (κ3) is 5.26. The fourth-order valence-corrected chi connectivity index (χ4v) is 3.52. The molecule has 90 valence electrons. The topological polar surface area (TPSA) is 12.0 Å². The second-order valence-electron chi connectivity index (χ2n) is 5.42. The van der Waals surface area contributed by atoms with E-state index in [4.69, 9.17) is 0 Å². The van der Waals surface area contributed by atoms with Crippen molar-refractivity contribution in [1.82, 2.24) is 5.32 Å². The Morgan fingerprint density at radius 1 is 1.27 bits per heavy atom. The van der Waals surface area contributed by atoms with Crippen LogP contribution in [0, 0.1) is 5.92 Å². The zero-order chi connectivity index (χ0) is 11.3. The highest BCUT2D eigenvalue weighted by Crippen LogP contribution is 2.27. The molecule has 0 radical (unpaired) electrons. The highest BCUT2D eigenvalue weighted by molar-refractivity contribution is 7.99. The molecule has 0 heterocycles. The van der Waals surface area contributed by atoms with Gasteiger partial charge in [0.05, 0.1) is 0 Å². The summed E-state index contributed by atoms with van der Waals surface area (Å²) in [5.74, 6) is 0.812. The first-order valence-electron chi connectivity index (χ1n) is 6.40. The monoisotopic (exact) mass is 229 g/mol. The molecule has 3 unspecified atom stereocenters. The van der Waals surface area contributed by atoms with Gasteiger partial charge in [-0.1, -0.05) is 20.3 Å². The molecule has 0 aromatic rings. The first-order valence-corrected chi connectivity index (χ1v) is 7.69. The molecule has 1 saturated carbocycles. The van der Waals surface area contributed by atoms with Gasteiger partial charge in [-0.2, -0.15) is 11.8 Å². The molecule has 0 aromatic heterocycles. The molecule has 1 rings (SSSR count). The molecule has 0 saturated heterocycles. The van der Waals surface area contributed by atoms with Gasteiger partial charge < -0.3 is 5.32 Å². The van der Waals surface area contributed by atoms with E-state index in [0.717, 1.165) is 17.2 Å². The number of nitrogens with one attached hydrogen (secondary N) is 1. The Balaban J connectivity index is 2.25. The van der Waals surface area contributed by atoms with E-state index in [1.165, 1.54) is 32.1 Å². The van der Waals surface area contributed by atoms with Gasteiger partial charge >= 0.3 is 0 Å². The molecule has 0 aromatic carbocycles. The van der Waals surface area contributed by atoms with E-state index in [9.17, 15) is 0 Å². The molecule has 1 nitrogen and oxygen atoms in total. The Morgan fingerprint density at radius 2 is 2.00 bits per heavy atom. The van der Waals surface area contributed by atoms with Crippen LogP contribution < -0.4 is 5.32 Å². The second-order valence-corrected chi connectivity index (χ2v) is 6.56. The molecule has 0 spiro atoms. The van der Waals surface area contributed by atoms with Crippen LogP contribution in [-0.4, -0.2) is 23.6 Å². The van der Waals surface area contributed by atoms with Crippen LogP contribution in [0.2, 0.25) is 0 Å². The Bertz CT molecular complexity index is 170. The highest BCUT2D eigenvalue weighted by atomic mass is 32.2. The van der Waals surface area contributed by atoms with Gasteiger partial charge in [-0.25, -0.2) is 0 Å². The minimum Gasteiger partial charge on any atom is -0.311 e. The normalized spacial score (nSPS) is 29.4. The standard InChI is InChI=1S/C13H27NS/c1-10(2)8-11(3)14-12-6-5-7-13(9-12)15-4/h10-14H,5-9H2,1-4H3. The molecule has 2 heteroatoms. The lowest BCUT2D eigenvalue weighted by Crippen LogP contribution is -2.40. The van der Waals surface area contributed by atoms with Crippen LogP contribution in [0.25, 0.3) is 0 Å². The highest BCUT2D eigenvalue weighted by Gasteiger charge is 2.22. The van der Waals surface area contributed by atoms with Crippen LogP contribution in [0.4, 0.5) is 0 Å².